The van der Waals surface area contributed by atoms with Gasteiger partial charge in [0, 0.05) is 13.1 Å². The monoisotopic (exact) mass is 261 g/mol. The van der Waals surface area contributed by atoms with E-state index in [9.17, 15) is 4.79 Å². The van der Waals surface area contributed by atoms with Gasteiger partial charge in [0.25, 0.3) is 5.91 Å². The molecule has 1 aliphatic rings. The zero-order valence-corrected chi connectivity index (χ0v) is 12.3. The van der Waals surface area contributed by atoms with Crippen LogP contribution in [-0.4, -0.2) is 30.5 Å². The minimum absolute atomic E-state index is 0.0558. The van der Waals surface area contributed by atoms with Crippen LogP contribution in [0.1, 0.15) is 30.9 Å². The minimum Gasteiger partial charge on any atom is -0.483 e. The zero-order chi connectivity index (χ0) is 14.0. The summed E-state index contributed by atoms with van der Waals surface area (Å²) in [6.07, 6.45) is 2.49. The fourth-order valence-electron chi connectivity index (χ4n) is 2.23. The molecule has 1 amide bonds. The second kappa shape index (κ2) is 5.64. The van der Waals surface area contributed by atoms with Gasteiger partial charge in [-0.05, 0) is 56.7 Å². The van der Waals surface area contributed by atoms with Gasteiger partial charge in [0.05, 0.1) is 0 Å². The van der Waals surface area contributed by atoms with E-state index in [1.807, 2.05) is 44.0 Å². The van der Waals surface area contributed by atoms with E-state index >= 15 is 0 Å². The maximum atomic E-state index is 12.1. The lowest BCUT2D eigenvalue weighted by Gasteiger charge is -2.25. The summed E-state index contributed by atoms with van der Waals surface area (Å²) in [5.41, 5.74) is 2.21. The van der Waals surface area contributed by atoms with Crippen molar-refractivity contribution in [3.63, 3.8) is 0 Å². The van der Waals surface area contributed by atoms with Gasteiger partial charge in [-0.2, -0.15) is 0 Å². The Bertz CT molecular complexity index is 466. The second-order valence-electron chi connectivity index (χ2n) is 5.64. The largest absolute Gasteiger partial charge is 0.483 e. The smallest absolute Gasteiger partial charge is 0.260 e. The van der Waals surface area contributed by atoms with Crippen LogP contribution in [0.4, 0.5) is 0 Å². The molecule has 1 aliphatic carbocycles. The molecule has 3 nitrogen and oxygen atoms in total. The van der Waals surface area contributed by atoms with Crippen LogP contribution in [-0.2, 0) is 4.79 Å². The molecule has 0 saturated heterocycles. The van der Waals surface area contributed by atoms with Crippen molar-refractivity contribution in [3.05, 3.63) is 29.3 Å². The van der Waals surface area contributed by atoms with Gasteiger partial charge in [0.15, 0.2) is 6.61 Å². The van der Waals surface area contributed by atoms with Crippen LogP contribution in [0, 0.1) is 19.8 Å². The van der Waals surface area contributed by atoms with Crippen LogP contribution in [0.25, 0.3) is 0 Å². The van der Waals surface area contributed by atoms with Crippen molar-refractivity contribution in [2.24, 2.45) is 5.92 Å². The summed E-state index contributed by atoms with van der Waals surface area (Å²) in [5.74, 6) is 1.55. The normalized spacial score (nSPS) is 16.0. The molecule has 0 aromatic heterocycles. The summed E-state index contributed by atoms with van der Waals surface area (Å²) < 4.78 is 5.66. The van der Waals surface area contributed by atoms with Gasteiger partial charge < -0.3 is 9.64 Å². The van der Waals surface area contributed by atoms with Crippen LogP contribution < -0.4 is 4.74 Å². The van der Waals surface area contributed by atoms with Crippen molar-refractivity contribution in [1.29, 1.82) is 0 Å². The van der Waals surface area contributed by atoms with Crippen LogP contribution in [0.3, 0.4) is 0 Å². The number of hydrogen-bond donors (Lipinski definition) is 0. The number of amides is 1. The van der Waals surface area contributed by atoms with Crippen molar-refractivity contribution in [2.45, 2.75) is 39.7 Å². The molecular formula is C16H23NO2. The Hall–Kier alpha value is -1.51. The minimum atomic E-state index is 0.0558. The molecule has 0 N–H and O–H groups in total. The van der Waals surface area contributed by atoms with Crippen molar-refractivity contribution < 1.29 is 9.53 Å². The van der Waals surface area contributed by atoms with E-state index in [2.05, 4.69) is 6.92 Å². The lowest BCUT2D eigenvalue weighted by atomic mass is 10.1. The molecule has 2 rings (SSSR count). The molecule has 0 heterocycles. The number of nitrogens with zero attached hydrogens (tertiary/aromatic N) is 1. The molecule has 0 radical (unpaired) electrons. The number of hydrogen-bond acceptors (Lipinski definition) is 2. The predicted molar refractivity (Wildman–Crippen MR) is 76.4 cm³/mol. The zero-order valence-electron chi connectivity index (χ0n) is 12.3. The highest BCUT2D eigenvalue weighted by atomic mass is 16.5. The molecule has 0 bridgehead atoms. The Morgan fingerprint density at radius 1 is 1.42 bits per heavy atom. The van der Waals surface area contributed by atoms with Crippen molar-refractivity contribution in [2.75, 3.05) is 13.7 Å². The predicted octanol–water partition coefficient (Wildman–Crippen LogP) is 2.94. The number of ether oxygens (including phenoxy) is 1. The van der Waals surface area contributed by atoms with Crippen molar-refractivity contribution >= 4 is 5.91 Å². The van der Waals surface area contributed by atoms with E-state index in [-0.39, 0.29) is 12.5 Å². The van der Waals surface area contributed by atoms with Crippen molar-refractivity contribution in [3.8, 4) is 5.75 Å². The van der Waals surface area contributed by atoms with Gasteiger partial charge in [-0.3, -0.25) is 4.79 Å². The fourth-order valence-corrected chi connectivity index (χ4v) is 2.23. The Morgan fingerprint density at radius 3 is 2.74 bits per heavy atom. The van der Waals surface area contributed by atoms with Crippen LogP contribution in [0.15, 0.2) is 18.2 Å². The molecule has 1 aromatic rings. The first kappa shape index (κ1) is 13.9. The molecule has 0 aliphatic heterocycles. The molecular weight excluding hydrogens is 238 g/mol. The molecule has 1 aromatic carbocycles. The highest BCUT2D eigenvalue weighted by Gasteiger charge is 2.32. The highest BCUT2D eigenvalue weighted by Crippen LogP contribution is 2.34. The average molecular weight is 261 g/mol. The van der Waals surface area contributed by atoms with E-state index in [4.69, 9.17) is 4.74 Å². The molecule has 3 heteroatoms. The summed E-state index contributed by atoms with van der Waals surface area (Å²) in [4.78, 5) is 13.9. The third-order valence-electron chi connectivity index (χ3n) is 4.00. The molecule has 19 heavy (non-hydrogen) atoms. The van der Waals surface area contributed by atoms with Gasteiger partial charge >= 0.3 is 0 Å². The number of carbonyl (C=O) groups is 1. The van der Waals surface area contributed by atoms with E-state index in [0.717, 1.165) is 16.9 Å². The molecule has 1 atom stereocenters. The van der Waals surface area contributed by atoms with Gasteiger partial charge in [0.1, 0.15) is 5.75 Å². The first-order chi connectivity index (χ1) is 8.99. The number of likely N-dealkylation sites (N-methyl/N-ethyl adjacent to an activating group) is 1. The van der Waals surface area contributed by atoms with Gasteiger partial charge in [-0.1, -0.05) is 12.1 Å². The summed E-state index contributed by atoms with van der Waals surface area (Å²) in [5, 5.41) is 0. The number of aryl methyl sites for hydroxylation is 2. The lowest BCUT2D eigenvalue weighted by molar-refractivity contribution is -0.134. The standard InChI is InChI=1S/C16H23NO2/c1-11-5-6-12(2)15(9-11)19-10-16(18)17(4)13(3)14-7-8-14/h5-6,9,13-14H,7-8,10H2,1-4H3. The maximum absolute atomic E-state index is 12.1. The SMILES string of the molecule is Cc1ccc(C)c(OCC(=O)N(C)C(C)C2CC2)c1. The second-order valence-corrected chi connectivity index (χ2v) is 5.64. The fraction of sp³-hybridized carbons (Fsp3) is 0.562. The van der Waals surface area contributed by atoms with Crippen molar-refractivity contribution in [1.82, 2.24) is 4.90 Å². The number of carbonyl (C=O) groups excluding carboxylic acids is 1. The Morgan fingerprint density at radius 2 is 2.11 bits per heavy atom. The molecule has 104 valence electrons. The first-order valence-corrected chi connectivity index (χ1v) is 6.94. The third kappa shape index (κ3) is 3.49. The van der Waals surface area contributed by atoms with Crippen LogP contribution in [0.5, 0.6) is 5.75 Å². The lowest BCUT2D eigenvalue weighted by Crippen LogP contribution is -2.39. The van der Waals surface area contributed by atoms with E-state index in [1.54, 1.807) is 0 Å². The molecule has 1 saturated carbocycles. The van der Waals surface area contributed by atoms with Gasteiger partial charge in [0.2, 0.25) is 0 Å². The number of benzene rings is 1. The number of rotatable bonds is 5. The summed E-state index contributed by atoms with van der Waals surface area (Å²) in [7, 11) is 1.87. The maximum Gasteiger partial charge on any atom is 0.260 e. The van der Waals surface area contributed by atoms with Crippen LogP contribution >= 0.6 is 0 Å². The van der Waals surface area contributed by atoms with E-state index < -0.39 is 0 Å². The third-order valence-corrected chi connectivity index (χ3v) is 4.00. The van der Waals surface area contributed by atoms with Gasteiger partial charge in [-0.25, -0.2) is 0 Å². The summed E-state index contributed by atoms with van der Waals surface area (Å²) >= 11 is 0. The summed E-state index contributed by atoms with van der Waals surface area (Å²) in [6.45, 7) is 6.26. The topological polar surface area (TPSA) is 29.5 Å². The Labute approximate surface area is 115 Å². The Balaban J connectivity index is 1.90. The molecule has 1 unspecified atom stereocenters. The Kier molecular flexibility index (Phi) is 4.13. The van der Waals surface area contributed by atoms with Gasteiger partial charge in [-0.15, -0.1) is 0 Å². The average Bonchev–Trinajstić information content (AvgIpc) is 3.22. The summed E-state index contributed by atoms with van der Waals surface area (Å²) in [6, 6.07) is 6.37. The quantitative estimate of drug-likeness (QED) is 0.815. The van der Waals surface area contributed by atoms with Crippen LogP contribution in [0.2, 0.25) is 0 Å². The molecule has 0 spiro atoms. The van der Waals surface area contributed by atoms with E-state index in [0.29, 0.717) is 12.0 Å². The first-order valence-electron chi connectivity index (χ1n) is 6.94. The highest BCUT2D eigenvalue weighted by molar-refractivity contribution is 5.77. The van der Waals surface area contributed by atoms with E-state index in [1.165, 1.54) is 12.8 Å². The molecule has 1 fully saturated rings.